The van der Waals surface area contributed by atoms with Gasteiger partial charge in [-0.15, -0.1) is 0 Å². The fraction of sp³-hybridized carbons (Fsp3) is 0.462. The molecule has 1 amide bonds. The standard InChI is InChI=1S/C13H17ClFNO2S/c1-3-6-16-13(17)9(2)19(18)8-10-4-5-11(15)7-12(10)14/h4-5,7,9H,3,6,8H2,1-2H3,(H,16,17)/t9-,19+/m1/s1. The molecule has 1 aromatic rings. The fourth-order valence-electron chi connectivity index (χ4n) is 1.43. The first-order valence-corrected chi connectivity index (χ1v) is 7.80. The van der Waals surface area contributed by atoms with E-state index in [0.29, 0.717) is 12.1 Å². The third-order valence-corrected chi connectivity index (χ3v) is 4.58. The van der Waals surface area contributed by atoms with Crippen LogP contribution in [0.5, 0.6) is 0 Å². The summed E-state index contributed by atoms with van der Waals surface area (Å²) in [6.07, 6.45) is 0.828. The molecule has 0 aliphatic carbocycles. The first-order chi connectivity index (χ1) is 8.95. The molecule has 0 aliphatic heterocycles. The Balaban J connectivity index is 2.66. The Labute approximate surface area is 120 Å². The summed E-state index contributed by atoms with van der Waals surface area (Å²) in [7, 11) is -1.39. The minimum atomic E-state index is -1.39. The minimum Gasteiger partial charge on any atom is -0.355 e. The van der Waals surface area contributed by atoms with Gasteiger partial charge in [-0.2, -0.15) is 0 Å². The Kier molecular flexibility index (Phi) is 6.45. The van der Waals surface area contributed by atoms with Crippen LogP contribution >= 0.6 is 11.6 Å². The first-order valence-electron chi connectivity index (χ1n) is 6.04. The largest absolute Gasteiger partial charge is 0.355 e. The average molecular weight is 306 g/mol. The molecule has 19 heavy (non-hydrogen) atoms. The van der Waals surface area contributed by atoms with E-state index >= 15 is 0 Å². The van der Waals surface area contributed by atoms with Crippen LogP contribution in [0.2, 0.25) is 5.02 Å². The highest BCUT2D eigenvalue weighted by Gasteiger charge is 2.20. The molecule has 0 bridgehead atoms. The maximum atomic E-state index is 12.9. The van der Waals surface area contributed by atoms with Gasteiger partial charge in [0, 0.05) is 22.4 Å². The second kappa shape index (κ2) is 7.60. The molecule has 0 radical (unpaired) electrons. The lowest BCUT2D eigenvalue weighted by Crippen LogP contribution is -2.36. The van der Waals surface area contributed by atoms with Crippen molar-refractivity contribution in [2.75, 3.05) is 6.54 Å². The summed E-state index contributed by atoms with van der Waals surface area (Å²) in [4.78, 5) is 11.7. The molecule has 0 heterocycles. The molecule has 106 valence electrons. The Bertz CT molecular complexity index is 482. The molecule has 3 nitrogen and oxygen atoms in total. The predicted molar refractivity (Wildman–Crippen MR) is 76.0 cm³/mol. The molecule has 0 unspecified atom stereocenters. The van der Waals surface area contributed by atoms with Gasteiger partial charge >= 0.3 is 0 Å². The van der Waals surface area contributed by atoms with E-state index in [1.165, 1.54) is 18.2 Å². The van der Waals surface area contributed by atoms with E-state index in [1.54, 1.807) is 6.92 Å². The van der Waals surface area contributed by atoms with Crippen molar-refractivity contribution in [1.82, 2.24) is 5.32 Å². The van der Waals surface area contributed by atoms with Crippen LogP contribution < -0.4 is 5.32 Å². The Morgan fingerprint density at radius 1 is 1.53 bits per heavy atom. The van der Waals surface area contributed by atoms with Gasteiger partial charge in [-0.1, -0.05) is 24.6 Å². The zero-order valence-corrected chi connectivity index (χ0v) is 12.5. The van der Waals surface area contributed by atoms with Crippen LogP contribution in [0.1, 0.15) is 25.8 Å². The van der Waals surface area contributed by atoms with E-state index in [2.05, 4.69) is 5.32 Å². The maximum absolute atomic E-state index is 12.9. The van der Waals surface area contributed by atoms with Gasteiger partial charge in [0.15, 0.2) is 0 Å². The Morgan fingerprint density at radius 3 is 2.79 bits per heavy atom. The summed E-state index contributed by atoms with van der Waals surface area (Å²) in [6, 6.07) is 3.93. The number of hydrogen-bond donors (Lipinski definition) is 1. The zero-order valence-electron chi connectivity index (χ0n) is 10.9. The Hall–Kier alpha value is -0.940. The first kappa shape index (κ1) is 16.1. The molecule has 0 saturated heterocycles. The van der Waals surface area contributed by atoms with Gasteiger partial charge in [-0.25, -0.2) is 4.39 Å². The van der Waals surface area contributed by atoms with Crippen molar-refractivity contribution in [3.8, 4) is 0 Å². The van der Waals surface area contributed by atoms with Crippen molar-refractivity contribution in [2.24, 2.45) is 0 Å². The molecule has 1 rings (SSSR count). The third kappa shape index (κ3) is 4.91. The van der Waals surface area contributed by atoms with Crippen molar-refractivity contribution in [3.05, 3.63) is 34.6 Å². The molecule has 0 saturated carbocycles. The lowest BCUT2D eigenvalue weighted by molar-refractivity contribution is -0.120. The minimum absolute atomic E-state index is 0.139. The number of nitrogens with one attached hydrogen (secondary N) is 1. The third-order valence-electron chi connectivity index (χ3n) is 2.63. The van der Waals surface area contributed by atoms with Crippen molar-refractivity contribution >= 4 is 28.3 Å². The van der Waals surface area contributed by atoms with Crippen LogP contribution in [-0.4, -0.2) is 21.9 Å². The van der Waals surface area contributed by atoms with E-state index < -0.39 is 21.9 Å². The van der Waals surface area contributed by atoms with Gasteiger partial charge in [0.2, 0.25) is 5.91 Å². The average Bonchev–Trinajstić information content (AvgIpc) is 2.38. The zero-order chi connectivity index (χ0) is 14.4. The molecule has 1 aromatic carbocycles. The molecule has 0 fully saturated rings. The van der Waals surface area contributed by atoms with Gasteiger partial charge in [0.05, 0.1) is 5.75 Å². The summed E-state index contributed by atoms with van der Waals surface area (Å²) in [5.74, 6) is -0.536. The normalized spacial score (nSPS) is 13.9. The molecule has 6 heteroatoms. The highest BCUT2D eigenvalue weighted by Crippen LogP contribution is 2.19. The number of carbonyl (C=O) groups excluding carboxylic acids is 1. The van der Waals surface area contributed by atoms with Crippen molar-refractivity contribution in [2.45, 2.75) is 31.3 Å². The van der Waals surface area contributed by atoms with Crippen LogP contribution in [0.15, 0.2) is 18.2 Å². The molecule has 0 spiro atoms. The molecule has 0 aliphatic rings. The second-order valence-electron chi connectivity index (χ2n) is 4.19. The number of halogens is 2. The smallest absolute Gasteiger partial charge is 0.235 e. The molecular formula is C13H17ClFNO2S. The summed E-state index contributed by atoms with van der Waals surface area (Å²) in [5.41, 5.74) is 0.580. The van der Waals surface area contributed by atoms with E-state index in [9.17, 15) is 13.4 Å². The van der Waals surface area contributed by atoms with Crippen LogP contribution in [0.25, 0.3) is 0 Å². The molecule has 1 N–H and O–H groups in total. The topological polar surface area (TPSA) is 46.2 Å². The van der Waals surface area contributed by atoms with E-state index in [0.717, 1.165) is 6.42 Å². The monoisotopic (exact) mass is 305 g/mol. The van der Waals surface area contributed by atoms with Crippen LogP contribution in [0.4, 0.5) is 4.39 Å². The summed E-state index contributed by atoms with van der Waals surface area (Å²) in [6.45, 7) is 4.12. The summed E-state index contributed by atoms with van der Waals surface area (Å²) >= 11 is 5.87. The molecular weight excluding hydrogens is 289 g/mol. The number of amides is 1. The molecule has 0 aromatic heterocycles. The quantitative estimate of drug-likeness (QED) is 0.878. The van der Waals surface area contributed by atoms with Crippen molar-refractivity contribution < 1.29 is 13.4 Å². The SMILES string of the molecule is CCCNC(=O)[C@@H](C)[S@@](=O)Cc1ccc(F)cc1Cl. The van der Waals surface area contributed by atoms with Crippen molar-refractivity contribution in [1.29, 1.82) is 0 Å². The number of hydrogen-bond acceptors (Lipinski definition) is 2. The second-order valence-corrected chi connectivity index (χ2v) is 6.36. The van der Waals surface area contributed by atoms with E-state index in [-0.39, 0.29) is 16.7 Å². The number of rotatable bonds is 6. The lowest BCUT2D eigenvalue weighted by atomic mass is 10.2. The predicted octanol–water partition coefficient (Wildman–Crippen LogP) is 2.64. The van der Waals surface area contributed by atoms with Crippen LogP contribution in [0, 0.1) is 5.82 Å². The van der Waals surface area contributed by atoms with E-state index in [1.807, 2.05) is 6.92 Å². The van der Waals surface area contributed by atoms with Gasteiger partial charge < -0.3 is 5.32 Å². The van der Waals surface area contributed by atoms with Gasteiger partial charge in [0.25, 0.3) is 0 Å². The highest BCUT2D eigenvalue weighted by atomic mass is 35.5. The van der Waals surface area contributed by atoms with Gasteiger partial charge in [0.1, 0.15) is 11.1 Å². The van der Waals surface area contributed by atoms with Crippen LogP contribution in [0.3, 0.4) is 0 Å². The number of benzene rings is 1. The fourth-order valence-corrected chi connectivity index (χ4v) is 2.87. The van der Waals surface area contributed by atoms with Gasteiger partial charge in [-0.05, 0) is 31.0 Å². The maximum Gasteiger partial charge on any atom is 0.235 e. The summed E-state index contributed by atoms with van der Waals surface area (Å²) in [5, 5.41) is 2.31. The van der Waals surface area contributed by atoms with Crippen molar-refractivity contribution in [3.63, 3.8) is 0 Å². The molecule has 2 atom stereocenters. The van der Waals surface area contributed by atoms with Gasteiger partial charge in [-0.3, -0.25) is 9.00 Å². The highest BCUT2D eigenvalue weighted by molar-refractivity contribution is 7.85. The summed E-state index contributed by atoms with van der Waals surface area (Å²) < 4.78 is 24.9. The van der Waals surface area contributed by atoms with E-state index in [4.69, 9.17) is 11.6 Å². The van der Waals surface area contributed by atoms with Crippen LogP contribution in [-0.2, 0) is 21.3 Å². The lowest BCUT2D eigenvalue weighted by Gasteiger charge is -2.12. The Morgan fingerprint density at radius 2 is 2.21 bits per heavy atom. The number of carbonyl (C=O) groups is 1.